The highest BCUT2D eigenvalue weighted by molar-refractivity contribution is 5.95. The van der Waals surface area contributed by atoms with Crippen LogP contribution in [-0.4, -0.2) is 47.9 Å². The number of anilines is 1. The Morgan fingerprint density at radius 3 is 3.14 bits per heavy atom. The van der Waals surface area contributed by atoms with Crippen LogP contribution in [0.1, 0.15) is 29.6 Å². The molecule has 0 spiro atoms. The largest absolute Gasteiger partial charge is 0.373 e. The van der Waals surface area contributed by atoms with Crippen molar-refractivity contribution in [3.05, 3.63) is 23.9 Å². The summed E-state index contributed by atoms with van der Waals surface area (Å²) in [5.74, 6) is 1.26. The standard InChI is InChI=1S/C15H20N4O2/c1-16-13-8-10(4-6-17-13)15(21)19-7-5-12-11(9-19)2-3-14(20)18-12/h4,6,8,11-12H,2-3,5,7,9H2,1H3,(H,16,17)(H,18,20). The first-order chi connectivity index (χ1) is 10.2. The normalized spacial score (nSPS) is 25.0. The number of hydrogen-bond donors (Lipinski definition) is 2. The van der Waals surface area contributed by atoms with E-state index in [1.165, 1.54) is 0 Å². The number of hydrogen-bond acceptors (Lipinski definition) is 4. The van der Waals surface area contributed by atoms with Gasteiger partial charge in [0.2, 0.25) is 5.91 Å². The van der Waals surface area contributed by atoms with E-state index < -0.39 is 0 Å². The Morgan fingerprint density at radius 2 is 2.33 bits per heavy atom. The van der Waals surface area contributed by atoms with Gasteiger partial charge in [-0.05, 0) is 30.9 Å². The van der Waals surface area contributed by atoms with Gasteiger partial charge in [-0.2, -0.15) is 0 Å². The SMILES string of the molecule is CNc1cc(C(=O)N2CCC3NC(=O)CCC3C2)ccn1. The van der Waals surface area contributed by atoms with Crippen molar-refractivity contribution in [2.24, 2.45) is 5.92 Å². The molecule has 6 nitrogen and oxygen atoms in total. The molecule has 2 saturated heterocycles. The molecule has 0 bridgehead atoms. The van der Waals surface area contributed by atoms with Crippen molar-refractivity contribution >= 4 is 17.6 Å². The molecule has 6 heteroatoms. The van der Waals surface area contributed by atoms with Gasteiger partial charge in [-0.3, -0.25) is 9.59 Å². The van der Waals surface area contributed by atoms with E-state index in [2.05, 4.69) is 15.6 Å². The van der Waals surface area contributed by atoms with Gasteiger partial charge >= 0.3 is 0 Å². The van der Waals surface area contributed by atoms with Gasteiger partial charge in [-0.25, -0.2) is 4.98 Å². The summed E-state index contributed by atoms with van der Waals surface area (Å²) in [6, 6.07) is 3.76. The van der Waals surface area contributed by atoms with Gasteiger partial charge in [0.05, 0.1) is 0 Å². The monoisotopic (exact) mass is 288 g/mol. The van der Waals surface area contributed by atoms with Crippen molar-refractivity contribution in [3.8, 4) is 0 Å². The molecule has 2 N–H and O–H groups in total. The fourth-order valence-corrected chi connectivity index (χ4v) is 3.18. The quantitative estimate of drug-likeness (QED) is 0.846. The number of amides is 2. The number of pyridine rings is 1. The molecule has 2 fully saturated rings. The highest BCUT2D eigenvalue weighted by atomic mass is 16.2. The van der Waals surface area contributed by atoms with Crippen molar-refractivity contribution < 1.29 is 9.59 Å². The highest BCUT2D eigenvalue weighted by Gasteiger charge is 2.35. The number of nitrogens with zero attached hydrogens (tertiary/aromatic N) is 2. The molecule has 1 aromatic heterocycles. The van der Waals surface area contributed by atoms with Crippen molar-refractivity contribution in [3.63, 3.8) is 0 Å². The average Bonchev–Trinajstić information content (AvgIpc) is 2.53. The van der Waals surface area contributed by atoms with Gasteiger partial charge in [0.15, 0.2) is 0 Å². The zero-order chi connectivity index (χ0) is 14.8. The van der Waals surface area contributed by atoms with Crippen LogP contribution in [0.15, 0.2) is 18.3 Å². The van der Waals surface area contributed by atoms with Crippen LogP contribution in [0.2, 0.25) is 0 Å². The zero-order valence-corrected chi connectivity index (χ0v) is 12.1. The minimum Gasteiger partial charge on any atom is -0.373 e. The lowest BCUT2D eigenvalue weighted by Gasteiger charge is -2.41. The van der Waals surface area contributed by atoms with Gasteiger partial charge < -0.3 is 15.5 Å². The van der Waals surface area contributed by atoms with Crippen LogP contribution in [0.3, 0.4) is 0 Å². The first-order valence-corrected chi connectivity index (χ1v) is 7.40. The maximum Gasteiger partial charge on any atom is 0.254 e. The highest BCUT2D eigenvalue weighted by Crippen LogP contribution is 2.26. The van der Waals surface area contributed by atoms with Gasteiger partial charge in [-0.1, -0.05) is 0 Å². The number of likely N-dealkylation sites (tertiary alicyclic amines) is 1. The number of carbonyl (C=O) groups excluding carboxylic acids is 2. The lowest BCUT2D eigenvalue weighted by atomic mass is 9.85. The number of fused-ring (bicyclic) bond motifs is 1. The number of piperidine rings is 2. The van der Waals surface area contributed by atoms with E-state index in [0.29, 0.717) is 30.3 Å². The Balaban J connectivity index is 1.70. The summed E-state index contributed by atoms with van der Waals surface area (Å²) in [4.78, 5) is 30.0. The fourth-order valence-electron chi connectivity index (χ4n) is 3.18. The third-order valence-corrected chi connectivity index (χ3v) is 4.37. The van der Waals surface area contributed by atoms with Crippen LogP contribution in [0.25, 0.3) is 0 Å². The molecule has 2 unspecified atom stereocenters. The van der Waals surface area contributed by atoms with Crippen molar-refractivity contribution in [1.82, 2.24) is 15.2 Å². The summed E-state index contributed by atoms with van der Waals surface area (Å²) in [5.41, 5.74) is 0.660. The molecule has 1 aromatic rings. The molecule has 0 saturated carbocycles. The molecule has 0 aliphatic carbocycles. The van der Waals surface area contributed by atoms with Crippen molar-refractivity contribution in [2.75, 3.05) is 25.5 Å². The molecular formula is C15H20N4O2. The van der Waals surface area contributed by atoms with Crippen molar-refractivity contribution in [1.29, 1.82) is 0 Å². The van der Waals surface area contributed by atoms with E-state index in [0.717, 1.165) is 19.4 Å². The smallest absolute Gasteiger partial charge is 0.254 e. The summed E-state index contributed by atoms with van der Waals surface area (Å²) in [6.07, 6.45) is 3.93. The van der Waals surface area contributed by atoms with Crippen LogP contribution in [-0.2, 0) is 4.79 Å². The van der Waals surface area contributed by atoms with Gasteiger partial charge in [0, 0.05) is 44.4 Å². The van der Waals surface area contributed by atoms with E-state index in [4.69, 9.17) is 0 Å². The molecular weight excluding hydrogens is 268 g/mol. The summed E-state index contributed by atoms with van der Waals surface area (Å²) in [7, 11) is 1.78. The molecule has 2 aliphatic rings. The molecule has 0 aromatic carbocycles. The second-order valence-corrected chi connectivity index (χ2v) is 5.69. The first-order valence-electron chi connectivity index (χ1n) is 7.40. The maximum absolute atomic E-state index is 12.6. The maximum atomic E-state index is 12.6. The molecule has 3 rings (SSSR count). The lowest BCUT2D eigenvalue weighted by molar-refractivity contribution is -0.125. The topological polar surface area (TPSA) is 74.3 Å². The van der Waals surface area contributed by atoms with Gasteiger partial charge in [-0.15, -0.1) is 0 Å². The van der Waals surface area contributed by atoms with E-state index in [1.807, 2.05) is 4.90 Å². The minimum atomic E-state index is 0.0456. The Bertz CT molecular complexity index is 560. The number of carbonyl (C=O) groups is 2. The van der Waals surface area contributed by atoms with E-state index in [-0.39, 0.29) is 17.9 Å². The van der Waals surface area contributed by atoms with E-state index in [9.17, 15) is 9.59 Å². The fraction of sp³-hybridized carbons (Fsp3) is 0.533. The predicted octanol–water partition coefficient (Wildman–Crippen LogP) is 0.864. The second kappa shape index (κ2) is 5.71. The van der Waals surface area contributed by atoms with Crippen LogP contribution >= 0.6 is 0 Å². The molecule has 2 atom stereocenters. The number of aromatic nitrogens is 1. The molecule has 21 heavy (non-hydrogen) atoms. The number of rotatable bonds is 2. The second-order valence-electron chi connectivity index (χ2n) is 5.69. The Hall–Kier alpha value is -2.11. The molecule has 112 valence electrons. The Morgan fingerprint density at radius 1 is 1.48 bits per heavy atom. The third-order valence-electron chi connectivity index (χ3n) is 4.37. The van der Waals surface area contributed by atoms with Crippen molar-refractivity contribution in [2.45, 2.75) is 25.3 Å². The molecule has 2 aliphatic heterocycles. The Labute approximate surface area is 123 Å². The Kier molecular flexibility index (Phi) is 3.77. The summed E-state index contributed by atoms with van der Waals surface area (Å²) in [6.45, 7) is 1.42. The van der Waals surface area contributed by atoms with Crippen LogP contribution in [0.5, 0.6) is 0 Å². The number of nitrogens with one attached hydrogen (secondary N) is 2. The van der Waals surface area contributed by atoms with E-state index in [1.54, 1.807) is 25.4 Å². The molecule has 3 heterocycles. The van der Waals surface area contributed by atoms with Crippen LogP contribution in [0.4, 0.5) is 5.82 Å². The van der Waals surface area contributed by atoms with Crippen LogP contribution in [0, 0.1) is 5.92 Å². The van der Waals surface area contributed by atoms with Crippen LogP contribution < -0.4 is 10.6 Å². The summed E-state index contributed by atoms with van der Waals surface area (Å²) < 4.78 is 0. The summed E-state index contributed by atoms with van der Waals surface area (Å²) in [5, 5.41) is 5.98. The molecule has 0 radical (unpaired) electrons. The molecule has 2 amide bonds. The minimum absolute atomic E-state index is 0.0456. The summed E-state index contributed by atoms with van der Waals surface area (Å²) >= 11 is 0. The lowest BCUT2D eigenvalue weighted by Crippen LogP contribution is -2.55. The van der Waals surface area contributed by atoms with Gasteiger partial charge in [0.1, 0.15) is 5.82 Å². The third kappa shape index (κ3) is 2.84. The first kappa shape index (κ1) is 13.9. The van der Waals surface area contributed by atoms with E-state index >= 15 is 0 Å². The zero-order valence-electron chi connectivity index (χ0n) is 12.1. The predicted molar refractivity (Wildman–Crippen MR) is 79.0 cm³/mol. The van der Waals surface area contributed by atoms with Gasteiger partial charge in [0.25, 0.3) is 5.91 Å². The average molecular weight is 288 g/mol.